The van der Waals surface area contributed by atoms with Crippen LogP contribution in [0.4, 0.5) is 0 Å². The highest BCUT2D eigenvalue weighted by Gasteiger charge is 2.23. The van der Waals surface area contributed by atoms with Gasteiger partial charge in [0.2, 0.25) is 17.7 Å². The Labute approximate surface area is 129 Å². The number of nitrogens with zero attached hydrogens (tertiary/aromatic N) is 2. The number of hydrogen-bond acceptors (Lipinski definition) is 6. The first kappa shape index (κ1) is 16.4. The van der Waals surface area contributed by atoms with Gasteiger partial charge in [-0.1, -0.05) is 24.4 Å². The van der Waals surface area contributed by atoms with Gasteiger partial charge >= 0.3 is 0 Å². The van der Waals surface area contributed by atoms with E-state index in [1.807, 2.05) is 0 Å². The molecule has 8 heteroatoms. The summed E-state index contributed by atoms with van der Waals surface area (Å²) in [6, 6.07) is -0.396. The van der Waals surface area contributed by atoms with Gasteiger partial charge in [-0.3, -0.25) is 9.59 Å². The number of nitrogens with one attached hydrogen (secondary N) is 2. The zero-order valence-electron chi connectivity index (χ0n) is 12.8. The summed E-state index contributed by atoms with van der Waals surface area (Å²) in [4.78, 5) is 27.1. The number of carbonyl (C=O) groups excluding carboxylic acids is 2. The van der Waals surface area contributed by atoms with Crippen LogP contribution >= 0.6 is 0 Å². The fraction of sp³-hybridized carbons (Fsp3) is 0.714. The number of amides is 2. The Morgan fingerprint density at radius 1 is 1.32 bits per heavy atom. The van der Waals surface area contributed by atoms with Gasteiger partial charge in [-0.25, -0.2) is 0 Å². The van der Waals surface area contributed by atoms with E-state index in [1.165, 1.54) is 19.3 Å². The summed E-state index contributed by atoms with van der Waals surface area (Å²) in [5, 5.41) is 9.14. The van der Waals surface area contributed by atoms with E-state index in [1.54, 1.807) is 6.92 Å². The van der Waals surface area contributed by atoms with Crippen LogP contribution in [-0.2, 0) is 9.59 Å². The van der Waals surface area contributed by atoms with Gasteiger partial charge in [0.25, 0.3) is 0 Å². The Balaban J connectivity index is 1.84. The van der Waals surface area contributed by atoms with Gasteiger partial charge in [-0.05, 0) is 19.8 Å². The molecule has 1 aromatic rings. The molecule has 1 unspecified atom stereocenters. The largest absolute Gasteiger partial charge is 0.346 e. The maximum Gasteiger partial charge on any atom is 0.248 e. The minimum Gasteiger partial charge on any atom is -0.346 e. The number of aromatic nitrogens is 2. The third-order valence-electron chi connectivity index (χ3n) is 3.81. The van der Waals surface area contributed by atoms with E-state index >= 15 is 0 Å². The van der Waals surface area contributed by atoms with Gasteiger partial charge in [0, 0.05) is 5.92 Å². The monoisotopic (exact) mass is 309 g/mol. The van der Waals surface area contributed by atoms with Crippen molar-refractivity contribution in [3.05, 3.63) is 11.7 Å². The molecular formula is C14H23N5O3. The number of nitrogens with two attached hydrogens (primary N) is 1. The third-order valence-corrected chi connectivity index (χ3v) is 3.81. The zero-order valence-corrected chi connectivity index (χ0v) is 12.8. The topological polar surface area (TPSA) is 123 Å². The molecular weight excluding hydrogens is 286 g/mol. The first-order valence-corrected chi connectivity index (χ1v) is 7.69. The van der Waals surface area contributed by atoms with Crippen LogP contribution in [0.5, 0.6) is 0 Å². The van der Waals surface area contributed by atoms with E-state index in [-0.39, 0.29) is 24.9 Å². The molecule has 1 aromatic heterocycles. The molecule has 0 bridgehead atoms. The van der Waals surface area contributed by atoms with Crippen molar-refractivity contribution in [1.82, 2.24) is 20.8 Å². The standard InChI is InChI=1S/C14H23N5O3/c1-9(17-12(21)8-16-11(20)7-15)14-18-13(19-22-14)10-5-3-2-4-6-10/h9-10H,2-8,15H2,1H3,(H,16,20)(H,17,21). The van der Waals surface area contributed by atoms with Crippen molar-refractivity contribution in [1.29, 1.82) is 0 Å². The molecule has 1 aliphatic carbocycles. The van der Waals surface area contributed by atoms with Gasteiger partial charge in [0.05, 0.1) is 13.1 Å². The van der Waals surface area contributed by atoms with Crippen LogP contribution in [0.1, 0.15) is 62.7 Å². The molecule has 22 heavy (non-hydrogen) atoms. The second kappa shape index (κ2) is 7.88. The Kier molecular flexibility index (Phi) is 5.88. The minimum atomic E-state index is -0.396. The lowest BCUT2D eigenvalue weighted by molar-refractivity contribution is -0.125. The van der Waals surface area contributed by atoms with Crippen LogP contribution in [0.25, 0.3) is 0 Å². The van der Waals surface area contributed by atoms with Gasteiger partial charge in [0.1, 0.15) is 6.04 Å². The molecule has 2 rings (SSSR count). The molecule has 122 valence electrons. The van der Waals surface area contributed by atoms with Crippen molar-refractivity contribution in [2.45, 2.75) is 51.0 Å². The second-order valence-corrected chi connectivity index (χ2v) is 5.60. The van der Waals surface area contributed by atoms with E-state index in [0.717, 1.165) is 18.7 Å². The Morgan fingerprint density at radius 3 is 2.73 bits per heavy atom. The molecule has 1 fully saturated rings. The fourth-order valence-corrected chi connectivity index (χ4v) is 2.56. The van der Waals surface area contributed by atoms with Gasteiger partial charge in [-0.15, -0.1) is 0 Å². The summed E-state index contributed by atoms with van der Waals surface area (Å²) in [5.74, 6) is 0.774. The lowest BCUT2D eigenvalue weighted by Gasteiger charge is -2.17. The van der Waals surface area contributed by atoms with Crippen molar-refractivity contribution >= 4 is 11.8 Å². The molecule has 2 amide bonds. The maximum absolute atomic E-state index is 11.7. The van der Waals surface area contributed by atoms with E-state index in [0.29, 0.717) is 11.8 Å². The predicted octanol–water partition coefficient (Wildman–Crippen LogP) is 0.369. The zero-order chi connectivity index (χ0) is 15.9. The summed E-state index contributed by atoms with van der Waals surface area (Å²) < 4.78 is 5.24. The van der Waals surface area contributed by atoms with Crippen LogP contribution in [0.15, 0.2) is 4.52 Å². The summed E-state index contributed by atoms with van der Waals surface area (Å²) >= 11 is 0. The van der Waals surface area contributed by atoms with Crippen LogP contribution in [0.3, 0.4) is 0 Å². The SMILES string of the molecule is CC(NC(=O)CNC(=O)CN)c1nc(C2CCCCC2)no1. The molecule has 1 aliphatic rings. The molecule has 1 atom stereocenters. The lowest BCUT2D eigenvalue weighted by atomic mass is 9.89. The fourth-order valence-electron chi connectivity index (χ4n) is 2.56. The molecule has 0 aliphatic heterocycles. The molecule has 4 N–H and O–H groups in total. The predicted molar refractivity (Wildman–Crippen MR) is 78.7 cm³/mol. The molecule has 0 aromatic carbocycles. The molecule has 0 radical (unpaired) electrons. The summed E-state index contributed by atoms with van der Waals surface area (Å²) in [7, 11) is 0. The highest BCUT2D eigenvalue weighted by Crippen LogP contribution is 2.31. The van der Waals surface area contributed by atoms with Crippen molar-refractivity contribution in [3.8, 4) is 0 Å². The molecule has 0 spiro atoms. The smallest absolute Gasteiger partial charge is 0.248 e. The van der Waals surface area contributed by atoms with E-state index in [4.69, 9.17) is 10.3 Å². The van der Waals surface area contributed by atoms with Gasteiger partial charge in [-0.2, -0.15) is 4.98 Å². The quantitative estimate of drug-likeness (QED) is 0.697. The van der Waals surface area contributed by atoms with Crippen LogP contribution < -0.4 is 16.4 Å². The van der Waals surface area contributed by atoms with Crippen LogP contribution in [0.2, 0.25) is 0 Å². The van der Waals surface area contributed by atoms with Gasteiger partial charge in [0.15, 0.2) is 5.82 Å². The van der Waals surface area contributed by atoms with Crippen molar-refractivity contribution in [2.24, 2.45) is 5.73 Å². The van der Waals surface area contributed by atoms with Crippen molar-refractivity contribution < 1.29 is 14.1 Å². The van der Waals surface area contributed by atoms with E-state index < -0.39 is 6.04 Å². The normalized spacial score (nSPS) is 17.0. The summed E-state index contributed by atoms with van der Waals surface area (Å²) in [6.45, 7) is 1.50. The Hall–Kier alpha value is -1.96. The molecule has 1 saturated carbocycles. The summed E-state index contributed by atoms with van der Waals surface area (Å²) in [6.07, 6.45) is 5.83. The van der Waals surface area contributed by atoms with E-state index in [2.05, 4.69) is 20.8 Å². The molecule has 0 saturated heterocycles. The van der Waals surface area contributed by atoms with Crippen LogP contribution in [0, 0.1) is 0 Å². The van der Waals surface area contributed by atoms with Gasteiger partial charge < -0.3 is 20.9 Å². The Bertz CT molecular complexity index is 510. The highest BCUT2D eigenvalue weighted by molar-refractivity contribution is 5.85. The second-order valence-electron chi connectivity index (χ2n) is 5.60. The van der Waals surface area contributed by atoms with Crippen molar-refractivity contribution in [3.63, 3.8) is 0 Å². The molecule has 1 heterocycles. The average molecular weight is 309 g/mol. The molecule has 8 nitrogen and oxygen atoms in total. The van der Waals surface area contributed by atoms with Crippen molar-refractivity contribution in [2.75, 3.05) is 13.1 Å². The first-order valence-electron chi connectivity index (χ1n) is 7.69. The average Bonchev–Trinajstić information content (AvgIpc) is 3.03. The van der Waals surface area contributed by atoms with Crippen LogP contribution in [-0.4, -0.2) is 35.0 Å². The number of hydrogen-bond donors (Lipinski definition) is 3. The number of rotatable bonds is 6. The minimum absolute atomic E-state index is 0.121. The Morgan fingerprint density at radius 2 is 2.05 bits per heavy atom. The number of carbonyl (C=O) groups is 2. The highest BCUT2D eigenvalue weighted by atomic mass is 16.5. The first-order chi connectivity index (χ1) is 10.6. The third kappa shape index (κ3) is 4.52. The maximum atomic E-state index is 11.7. The summed E-state index contributed by atoms with van der Waals surface area (Å²) in [5.41, 5.74) is 5.15. The lowest BCUT2D eigenvalue weighted by Crippen LogP contribution is -2.40. The van der Waals surface area contributed by atoms with E-state index in [9.17, 15) is 9.59 Å².